The van der Waals surface area contributed by atoms with Gasteiger partial charge >= 0.3 is 5.97 Å². The third-order valence-corrected chi connectivity index (χ3v) is 5.50. The van der Waals surface area contributed by atoms with Gasteiger partial charge in [-0.3, -0.25) is 20.2 Å². The summed E-state index contributed by atoms with van der Waals surface area (Å²) in [6.07, 6.45) is 0. The lowest BCUT2D eigenvalue weighted by molar-refractivity contribution is -0.385. The zero-order chi connectivity index (χ0) is 22.5. The standard InChI is InChI=1S/C20H18N4O6S/c1-12-17(19(25)30-2)18(14-4-3-5-16(10-14)24(28)29)22-20(21-12)31-11-13-6-8-15(9-7-13)23(26)27/h3-10,18H,11H2,1-2H3,(H,21,22). The van der Waals surface area contributed by atoms with E-state index in [9.17, 15) is 25.0 Å². The van der Waals surface area contributed by atoms with Crippen molar-refractivity contribution in [3.05, 3.63) is 91.2 Å². The van der Waals surface area contributed by atoms with Crippen LogP contribution in [0.5, 0.6) is 0 Å². The number of ether oxygens (including phenoxy) is 1. The van der Waals surface area contributed by atoms with Crippen LogP contribution >= 0.6 is 11.8 Å². The van der Waals surface area contributed by atoms with Crippen molar-refractivity contribution >= 4 is 34.3 Å². The number of allylic oxidation sites excluding steroid dienone is 1. The molecule has 0 saturated heterocycles. The van der Waals surface area contributed by atoms with Crippen LogP contribution in [0.4, 0.5) is 11.4 Å². The monoisotopic (exact) mass is 442 g/mol. The number of non-ortho nitro benzene ring substituents is 2. The van der Waals surface area contributed by atoms with Gasteiger partial charge in [0.2, 0.25) is 0 Å². The molecule has 1 atom stereocenters. The molecule has 0 aliphatic carbocycles. The Morgan fingerprint density at radius 2 is 1.81 bits per heavy atom. The molecule has 1 unspecified atom stereocenters. The van der Waals surface area contributed by atoms with Crippen LogP contribution in [0.15, 0.2) is 64.8 Å². The number of aliphatic imine (C=N–C) groups is 1. The van der Waals surface area contributed by atoms with E-state index in [1.54, 1.807) is 31.2 Å². The van der Waals surface area contributed by atoms with Gasteiger partial charge in [0.1, 0.15) is 6.04 Å². The fourth-order valence-corrected chi connectivity index (χ4v) is 3.91. The summed E-state index contributed by atoms with van der Waals surface area (Å²) in [5.74, 6) is -0.101. The van der Waals surface area contributed by atoms with Crippen molar-refractivity contribution in [2.45, 2.75) is 18.7 Å². The molecule has 11 heteroatoms. The number of hydrogen-bond acceptors (Lipinski definition) is 9. The Hall–Kier alpha value is -3.73. The van der Waals surface area contributed by atoms with Crippen LogP contribution in [0.25, 0.3) is 0 Å². The summed E-state index contributed by atoms with van der Waals surface area (Å²) in [5.41, 5.74) is 2.05. The SMILES string of the molecule is COC(=O)C1=C(C)NC(SCc2ccc([N+](=O)[O-])cc2)=NC1c1cccc([N+](=O)[O-])c1. The van der Waals surface area contributed by atoms with Gasteiger partial charge in [-0.2, -0.15) is 0 Å². The lowest BCUT2D eigenvalue weighted by Gasteiger charge is -2.25. The Morgan fingerprint density at radius 1 is 1.13 bits per heavy atom. The molecular weight excluding hydrogens is 424 g/mol. The summed E-state index contributed by atoms with van der Waals surface area (Å²) in [7, 11) is 1.26. The lowest BCUT2D eigenvalue weighted by Crippen LogP contribution is -2.30. The van der Waals surface area contributed by atoms with Crippen molar-refractivity contribution in [2.24, 2.45) is 4.99 Å². The van der Waals surface area contributed by atoms with Crippen LogP contribution in [0.1, 0.15) is 24.1 Å². The minimum Gasteiger partial charge on any atom is -0.466 e. The molecule has 0 amide bonds. The van der Waals surface area contributed by atoms with Gasteiger partial charge in [0.05, 0.1) is 22.5 Å². The number of esters is 1. The van der Waals surface area contributed by atoms with Crippen molar-refractivity contribution in [1.82, 2.24) is 5.32 Å². The molecule has 1 heterocycles. The third-order valence-electron chi connectivity index (χ3n) is 4.54. The van der Waals surface area contributed by atoms with Crippen LogP contribution < -0.4 is 5.32 Å². The van der Waals surface area contributed by atoms with Crippen LogP contribution in [0.2, 0.25) is 0 Å². The summed E-state index contributed by atoms with van der Waals surface area (Å²) < 4.78 is 4.88. The fourth-order valence-electron chi connectivity index (χ4n) is 3.01. The molecule has 2 aromatic carbocycles. The summed E-state index contributed by atoms with van der Waals surface area (Å²) in [6.45, 7) is 1.71. The number of methoxy groups -OCH3 is 1. The number of nitro groups is 2. The highest BCUT2D eigenvalue weighted by atomic mass is 32.2. The smallest absolute Gasteiger partial charge is 0.338 e. The largest absolute Gasteiger partial charge is 0.466 e. The number of carbonyl (C=O) groups excluding carboxylic acids is 1. The average Bonchev–Trinajstić information content (AvgIpc) is 2.77. The summed E-state index contributed by atoms with van der Waals surface area (Å²) in [4.78, 5) is 37.9. The molecule has 1 aliphatic heterocycles. The Balaban J connectivity index is 1.88. The van der Waals surface area contributed by atoms with Crippen molar-refractivity contribution in [3.63, 3.8) is 0 Å². The summed E-state index contributed by atoms with van der Waals surface area (Å²) >= 11 is 1.35. The highest BCUT2D eigenvalue weighted by molar-refractivity contribution is 8.13. The van der Waals surface area contributed by atoms with E-state index < -0.39 is 21.9 Å². The number of carbonyl (C=O) groups is 1. The molecule has 10 nitrogen and oxygen atoms in total. The molecule has 2 aromatic rings. The second-order valence-electron chi connectivity index (χ2n) is 6.56. The number of nitro benzene ring substituents is 2. The van der Waals surface area contributed by atoms with Gasteiger partial charge in [-0.05, 0) is 18.1 Å². The molecule has 3 rings (SSSR count). The second-order valence-corrected chi connectivity index (χ2v) is 7.52. The molecule has 0 bridgehead atoms. The van der Waals surface area contributed by atoms with E-state index in [2.05, 4.69) is 10.3 Å². The first kappa shape index (κ1) is 22.0. The second kappa shape index (κ2) is 9.39. The maximum Gasteiger partial charge on any atom is 0.338 e. The third kappa shape index (κ3) is 5.07. The van der Waals surface area contributed by atoms with Crippen LogP contribution in [-0.4, -0.2) is 28.1 Å². The van der Waals surface area contributed by atoms with Crippen LogP contribution in [-0.2, 0) is 15.3 Å². The highest BCUT2D eigenvalue weighted by Crippen LogP contribution is 2.34. The Labute approximate surface area is 181 Å². The molecule has 160 valence electrons. The Bertz CT molecular complexity index is 1100. The van der Waals surface area contributed by atoms with E-state index in [-0.39, 0.29) is 16.9 Å². The number of nitrogens with one attached hydrogen (secondary N) is 1. The normalized spacial score (nSPS) is 15.7. The van der Waals surface area contributed by atoms with E-state index in [4.69, 9.17) is 4.74 Å². The maximum atomic E-state index is 12.4. The van der Waals surface area contributed by atoms with E-state index in [1.807, 2.05) is 0 Å². The minimum atomic E-state index is -0.770. The van der Waals surface area contributed by atoms with E-state index in [0.717, 1.165) is 5.56 Å². The average molecular weight is 442 g/mol. The van der Waals surface area contributed by atoms with Gasteiger partial charge in [0.25, 0.3) is 11.4 Å². The lowest BCUT2D eigenvalue weighted by atomic mass is 9.96. The summed E-state index contributed by atoms with van der Waals surface area (Å²) in [5, 5.41) is 25.5. The van der Waals surface area contributed by atoms with Gasteiger partial charge in [0.15, 0.2) is 5.17 Å². The molecular formula is C20H18N4O6S. The molecule has 0 spiro atoms. The van der Waals surface area contributed by atoms with E-state index in [0.29, 0.717) is 22.2 Å². The van der Waals surface area contributed by atoms with E-state index in [1.165, 1.54) is 43.1 Å². The summed E-state index contributed by atoms with van der Waals surface area (Å²) in [6, 6.07) is 11.4. The zero-order valence-electron chi connectivity index (χ0n) is 16.6. The first-order valence-electron chi connectivity index (χ1n) is 9.04. The molecule has 0 radical (unpaired) electrons. The zero-order valence-corrected chi connectivity index (χ0v) is 17.4. The van der Waals surface area contributed by atoms with E-state index >= 15 is 0 Å². The molecule has 31 heavy (non-hydrogen) atoms. The van der Waals surface area contributed by atoms with Crippen molar-refractivity contribution in [3.8, 4) is 0 Å². The number of rotatable bonds is 6. The number of benzene rings is 2. The van der Waals surface area contributed by atoms with Crippen molar-refractivity contribution in [2.75, 3.05) is 7.11 Å². The van der Waals surface area contributed by atoms with Crippen LogP contribution in [0, 0.1) is 20.2 Å². The predicted octanol–water partition coefficient (Wildman–Crippen LogP) is 3.88. The topological polar surface area (TPSA) is 137 Å². The van der Waals surface area contributed by atoms with Crippen LogP contribution in [0.3, 0.4) is 0 Å². The molecule has 1 N–H and O–H groups in total. The molecule has 0 fully saturated rings. The number of amidine groups is 1. The van der Waals surface area contributed by atoms with Gasteiger partial charge in [-0.1, -0.05) is 36.0 Å². The van der Waals surface area contributed by atoms with Crippen molar-refractivity contribution in [1.29, 1.82) is 0 Å². The fraction of sp³-hybridized carbons (Fsp3) is 0.200. The Kier molecular flexibility index (Phi) is 6.65. The number of hydrogen-bond donors (Lipinski definition) is 1. The quantitative estimate of drug-likeness (QED) is 0.404. The molecule has 0 saturated carbocycles. The maximum absolute atomic E-state index is 12.4. The Morgan fingerprint density at radius 3 is 2.42 bits per heavy atom. The minimum absolute atomic E-state index is 0.00844. The molecule has 1 aliphatic rings. The highest BCUT2D eigenvalue weighted by Gasteiger charge is 2.31. The van der Waals surface area contributed by atoms with Crippen molar-refractivity contribution < 1.29 is 19.4 Å². The van der Waals surface area contributed by atoms with Gasteiger partial charge in [0, 0.05) is 35.7 Å². The van der Waals surface area contributed by atoms with Gasteiger partial charge < -0.3 is 10.1 Å². The number of nitrogens with zero attached hydrogens (tertiary/aromatic N) is 3. The van der Waals surface area contributed by atoms with Gasteiger partial charge in [-0.25, -0.2) is 9.79 Å². The number of thioether (sulfide) groups is 1. The van der Waals surface area contributed by atoms with Gasteiger partial charge in [-0.15, -0.1) is 0 Å². The first-order valence-corrected chi connectivity index (χ1v) is 10.0. The molecule has 0 aromatic heterocycles. The first-order chi connectivity index (χ1) is 14.8. The predicted molar refractivity (Wildman–Crippen MR) is 116 cm³/mol.